The first kappa shape index (κ1) is 35.5. The number of alkyl halides is 1. The maximum atomic E-state index is 13.4. The molecule has 3 aromatic rings. The molecule has 0 heterocycles. The largest absolute Gasteiger partial charge is 0.379 e. The number of halogens is 1. The lowest BCUT2D eigenvalue weighted by Crippen LogP contribution is -2.37. The third-order valence-corrected chi connectivity index (χ3v) is 8.24. The van der Waals surface area contributed by atoms with Gasteiger partial charge in [0, 0.05) is 44.9 Å². The van der Waals surface area contributed by atoms with Gasteiger partial charge in [-0.05, 0) is 48.8 Å². The maximum absolute atomic E-state index is 13.4. The minimum atomic E-state index is -0.596. The van der Waals surface area contributed by atoms with Crippen molar-refractivity contribution < 1.29 is 19.1 Å². The molecule has 1 N–H and O–H groups in total. The molecule has 6 heteroatoms. The lowest BCUT2D eigenvalue weighted by Gasteiger charge is -2.35. The summed E-state index contributed by atoms with van der Waals surface area (Å²) in [6.07, 6.45) is 9.26. The molecule has 238 valence electrons. The Morgan fingerprint density at radius 3 is 1.59 bits per heavy atom. The number of hydrogen-bond acceptors (Lipinski definition) is 4. The third kappa shape index (κ3) is 12.6. The molecule has 0 aliphatic rings. The predicted molar refractivity (Wildman–Crippen MR) is 180 cm³/mol. The fourth-order valence-corrected chi connectivity index (χ4v) is 5.79. The lowest BCUT2D eigenvalue weighted by atomic mass is 9.67. The number of unbranched alkanes of at least 4 members (excludes halogenated alkanes) is 5. The minimum absolute atomic E-state index is 0.0188. The molecule has 0 aliphatic heterocycles. The number of ketones is 1. The Labute approximate surface area is 269 Å². The standard InChI is InChI=1S/C38H50ClNO4/c39-26-14-1-2-16-28-43-30-31-44-29-17-25-36(41)24-13-6-15-27-40-37(42)32-38(33-18-7-3-8-19-33,34-20-9-4-10-21-34)35-22-11-5-12-23-35/h3-5,7-12,18-23H,1-2,6,13-17,24-32H2,(H,40,42). The van der Waals surface area contributed by atoms with E-state index >= 15 is 0 Å². The Balaban J connectivity index is 1.34. The summed E-state index contributed by atoms with van der Waals surface area (Å²) in [5, 5.41) is 3.16. The first-order valence-electron chi connectivity index (χ1n) is 16.3. The second-order valence-corrected chi connectivity index (χ2v) is 11.7. The molecule has 5 nitrogen and oxygen atoms in total. The van der Waals surface area contributed by atoms with E-state index in [-0.39, 0.29) is 11.7 Å². The molecular formula is C38H50ClNO4. The molecule has 0 atom stereocenters. The van der Waals surface area contributed by atoms with Crippen molar-refractivity contribution in [2.75, 3.05) is 38.9 Å². The molecule has 0 saturated carbocycles. The summed E-state index contributed by atoms with van der Waals surface area (Å²) in [5.41, 5.74) is 2.68. The molecule has 3 rings (SSSR count). The van der Waals surface area contributed by atoms with Crippen LogP contribution in [0.3, 0.4) is 0 Å². The monoisotopic (exact) mass is 619 g/mol. The van der Waals surface area contributed by atoms with Gasteiger partial charge in [0.05, 0.1) is 18.6 Å². The van der Waals surface area contributed by atoms with Crippen LogP contribution < -0.4 is 5.32 Å². The normalized spacial score (nSPS) is 11.4. The van der Waals surface area contributed by atoms with Crippen LogP contribution in [0.25, 0.3) is 0 Å². The quantitative estimate of drug-likeness (QED) is 0.0623. The van der Waals surface area contributed by atoms with Gasteiger partial charge in [-0.1, -0.05) is 110 Å². The molecule has 0 spiro atoms. The summed E-state index contributed by atoms with van der Waals surface area (Å²) in [6, 6.07) is 30.9. The van der Waals surface area contributed by atoms with Gasteiger partial charge < -0.3 is 14.8 Å². The topological polar surface area (TPSA) is 64.6 Å². The number of hydrogen-bond donors (Lipinski definition) is 1. The van der Waals surface area contributed by atoms with Crippen molar-refractivity contribution in [3.63, 3.8) is 0 Å². The van der Waals surface area contributed by atoms with Gasteiger partial charge in [-0.3, -0.25) is 9.59 Å². The molecule has 0 bridgehead atoms. The average Bonchev–Trinajstić information content (AvgIpc) is 3.07. The van der Waals surface area contributed by atoms with E-state index in [0.717, 1.165) is 80.5 Å². The van der Waals surface area contributed by atoms with E-state index in [1.807, 2.05) is 54.6 Å². The first-order chi connectivity index (χ1) is 21.7. The van der Waals surface area contributed by atoms with Crippen molar-refractivity contribution in [1.29, 1.82) is 0 Å². The number of nitrogens with one attached hydrogen (secondary N) is 1. The molecule has 0 aromatic heterocycles. The Morgan fingerprint density at radius 1 is 0.568 bits per heavy atom. The zero-order valence-corrected chi connectivity index (χ0v) is 26.9. The van der Waals surface area contributed by atoms with E-state index in [4.69, 9.17) is 21.1 Å². The maximum Gasteiger partial charge on any atom is 0.221 e. The fraction of sp³-hybridized carbons (Fsp3) is 0.474. The minimum Gasteiger partial charge on any atom is -0.379 e. The number of rotatable bonds is 24. The highest BCUT2D eigenvalue weighted by atomic mass is 35.5. The van der Waals surface area contributed by atoms with Gasteiger partial charge in [-0.2, -0.15) is 0 Å². The molecule has 0 unspecified atom stereocenters. The van der Waals surface area contributed by atoms with Crippen LogP contribution in [0, 0.1) is 0 Å². The van der Waals surface area contributed by atoms with Gasteiger partial charge in [0.15, 0.2) is 0 Å². The van der Waals surface area contributed by atoms with Crippen molar-refractivity contribution in [2.45, 2.75) is 76.0 Å². The van der Waals surface area contributed by atoms with Gasteiger partial charge in [0.2, 0.25) is 5.91 Å². The van der Waals surface area contributed by atoms with E-state index in [1.54, 1.807) is 0 Å². The molecule has 0 saturated heterocycles. The van der Waals surface area contributed by atoms with Crippen LogP contribution in [-0.2, 0) is 24.5 Å². The predicted octanol–water partition coefficient (Wildman–Crippen LogP) is 8.27. The summed E-state index contributed by atoms with van der Waals surface area (Å²) < 4.78 is 11.2. The van der Waals surface area contributed by atoms with Crippen molar-refractivity contribution >= 4 is 23.3 Å². The average molecular weight is 620 g/mol. The lowest BCUT2D eigenvalue weighted by molar-refractivity contribution is -0.122. The van der Waals surface area contributed by atoms with Crippen LogP contribution in [0.5, 0.6) is 0 Å². The van der Waals surface area contributed by atoms with Crippen molar-refractivity contribution in [3.8, 4) is 0 Å². The summed E-state index contributed by atoms with van der Waals surface area (Å²) in [4.78, 5) is 25.7. The van der Waals surface area contributed by atoms with Crippen LogP contribution in [0.1, 0.15) is 87.3 Å². The number of amides is 1. The number of Topliss-reactive ketones (excluding diaryl/α,β-unsaturated/α-hetero) is 1. The van der Waals surface area contributed by atoms with Gasteiger partial charge >= 0.3 is 0 Å². The Bertz CT molecular complexity index is 1080. The van der Waals surface area contributed by atoms with Gasteiger partial charge in [0.25, 0.3) is 0 Å². The second kappa shape index (κ2) is 21.7. The highest BCUT2D eigenvalue weighted by Crippen LogP contribution is 2.42. The highest BCUT2D eigenvalue weighted by Gasteiger charge is 2.38. The zero-order chi connectivity index (χ0) is 31.1. The summed E-state index contributed by atoms with van der Waals surface area (Å²) in [6.45, 7) is 3.14. The third-order valence-electron chi connectivity index (χ3n) is 7.97. The molecule has 0 aliphatic carbocycles. The van der Waals surface area contributed by atoms with Crippen LogP contribution in [0.2, 0.25) is 0 Å². The van der Waals surface area contributed by atoms with Gasteiger partial charge in [-0.25, -0.2) is 0 Å². The molecule has 1 amide bonds. The number of carbonyl (C=O) groups excluding carboxylic acids is 2. The Hall–Kier alpha value is -2.99. The van der Waals surface area contributed by atoms with E-state index < -0.39 is 5.41 Å². The smallest absolute Gasteiger partial charge is 0.221 e. The van der Waals surface area contributed by atoms with Crippen LogP contribution >= 0.6 is 11.6 Å². The fourth-order valence-electron chi connectivity index (χ4n) is 5.60. The SMILES string of the molecule is O=C(CCCCCNC(=O)CC(c1ccccc1)(c1ccccc1)c1ccccc1)CCCOCCOCCCCCCCl. The summed E-state index contributed by atoms with van der Waals surface area (Å²) in [7, 11) is 0. The van der Waals surface area contributed by atoms with E-state index in [9.17, 15) is 9.59 Å². The van der Waals surface area contributed by atoms with Crippen LogP contribution in [-0.4, -0.2) is 50.5 Å². The van der Waals surface area contributed by atoms with E-state index in [0.29, 0.717) is 45.6 Å². The van der Waals surface area contributed by atoms with E-state index in [1.165, 1.54) is 0 Å². The number of benzene rings is 3. The van der Waals surface area contributed by atoms with Crippen molar-refractivity contribution in [1.82, 2.24) is 5.32 Å². The van der Waals surface area contributed by atoms with E-state index in [2.05, 4.69) is 41.7 Å². The molecule has 0 fully saturated rings. The van der Waals surface area contributed by atoms with Crippen LogP contribution in [0.15, 0.2) is 91.0 Å². The number of carbonyl (C=O) groups is 2. The summed E-state index contributed by atoms with van der Waals surface area (Å²) >= 11 is 5.68. The molecule has 0 radical (unpaired) electrons. The van der Waals surface area contributed by atoms with Gasteiger partial charge in [0.1, 0.15) is 5.78 Å². The van der Waals surface area contributed by atoms with Gasteiger partial charge in [-0.15, -0.1) is 11.6 Å². The second-order valence-electron chi connectivity index (χ2n) is 11.3. The Kier molecular flexibility index (Phi) is 17.5. The first-order valence-corrected chi connectivity index (χ1v) is 16.9. The van der Waals surface area contributed by atoms with Crippen LogP contribution in [0.4, 0.5) is 0 Å². The Morgan fingerprint density at radius 2 is 1.05 bits per heavy atom. The van der Waals surface area contributed by atoms with Crippen molar-refractivity contribution in [2.24, 2.45) is 0 Å². The summed E-state index contributed by atoms with van der Waals surface area (Å²) in [5.74, 6) is 1.04. The number of ether oxygens (including phenoxy) is 2. The van der Waals surface area contributed by atoms with Crippen molar-refractivity contribution in [3.05, 3.63) is 108 Å². The molecular weight excluding hydrogens is 570 g/mol. The molecule has 3 aromatic carbocycles. The molecule has 44 heavy (non-hydrogen) atoms. The zero-order valence-electron chi connectivity index (χ0n) is 26.2. The highest BCUT2D eigenvalue weighted by molar-refractivity contribution is 6.17.